The molecular formula is C21H16F4N2O3S. The number of alkyl halides is 3. The Hall–Kier alpha value is -2.98. The van der Waals surface area contributed by atoms with Crippen molar-refractivity contribution < 1.29 is 32.2 Å². The highest BCUT2D eigenvalue weighted by molar-refractivity contribution is 7.16. The van der Waals surface area contributed by atoms with Crippen LogP contribution in [0.4, 0.5) is 22.7 Å². The highest BCUT2D eigenvalue weighted by Gasteiger charge is 2.39. The van der Waals surface area contributed by atoms with Crippen molar-refractivity contribution in [2.24, 2.45) is 0 Å². The number of carboxylic acids is 1. The van der Waals surface area contributed by atoms with E-state index in [1.165, 1.54) is 29.2 Å². The van der Waals surface area contributed by atoms with Gasteiger partial charge in [0.15, 0.2) is 11.2 Å². The van der Waals surface area contributed by atoms with Crippen LogP contribution in [0.2, 0.25) is 0 Å². The number of rotatable bonds is 4. The van der Waals surface area contributed by atoms with E-state index in [2.05, 4.69) is 4.98 Å². The van der Waals surface area contributed by atoms with Crippen molar-refractivity contribution in [3.05, 3.63) is 59.2 Å². The fourth-order valence-corrected chi connectivity index (χ4v) is 4.26. The number of morpholine rings is 1. The third-order valence-corrected chi connectivity index (χ3v) is 5.98. The Morgan fingerprint density at radius 1 is 1.06 bits per heavy atom. The second-order valence-electron chi connectivity index (χ2n) is 6.90. The summed E-state index contributed by atoms with van der Waals surface area (Å²) in [6, 6.07) is 12.2. The number of hydrogen-bond acceptors (Lipinski definition) is 5. The van der Waals surface area contributed by atoms with Gasteiger partial charge in [0, 0.05) is 12.1 Å². The Morgan fingerprint density at radius 3 is 2.23 bits per heavy atom. The van der Waals surface area contributed by atoms with Crippen LogP contribution in [0.1, 0.15) is 4.88 Å². The van der Waals surface area contributed by atoms with E-state index in [1.54, 1.807) is 24.3 Å². The number of halogens is 4. The van der Waals surface area contributed by atoms with Gasteiger partial charge < -0.3 is 14.7 Å². The molecule has 31 heavy (non-hydrogen) atoms. The number of aliphatic carboxylic acids is 1. The van der Waals surface area contributed by atoms with Crippen LogP contribution in [-0.4, -0.2) is 41.9 Å². The van der Waals surface area contributed by atoms with Crippen molar-refractivity contribution in [2.75, 3.05) is 24.6 Å². The molecule has 0 aliphatic carbocycles. The quantitative estimate of drug-likeness (QED) is 0.569. The molecule has 1 aromatic heterocycles. The summed E-state index contributed by atoms with van der Waals surface area (Å²) in [7, 11) is 0. The molecule has 1 fully saturated rings. The number of thiazole rings is 1. The SMILES string of the molecule is O=C(O)C1CN(c2nc(-c3ccc(-c4ccc(F)cc4)cc3)c(C(F)(F)F)s2)CCO1. The van der Waals surface area contributed by atoms with Gasteiger partial charge in [0.2, 0.25) is 0 Å². The first-order valence-electron chi connectivity index (χ1n) is 9.26. The molecule has 1 aliphatic rings. The van der Waals surface area contributed by atoms with Crippen LogP contribution < -0.4 is 4.90 Å². The van der Waals surface area contributed by atoms with Gasteiger partial charge in [-0.2, -0.15) is 13.2 Å². The van der Waals surface area contributed by atoms with Gasteiger partial charge in [0.25, 0.3) is 0 Å². The Morgan fingerprint density at radius 2 is 1.65 bits per heavy atom. The Balaban J connectivity index is 1.67. The Kier molecular flexibility index (Phi) is 5.67. The van der Waals surface area contributed by atoms with Gasteiger partial charge in [0.05, 0.1) is 18.8 Å². The summed E-state index contributed by atoms with van der Waals surface area (Å²) in [6.07, 6.45) is -5.73. The lowest BCUT2D eigenvalue weighted by molar-refractivity contribution is -0.150. The number of carbonyl (C=O) groups is 1. The molecule has 10 heteroatoms. The summed E-state index contributed by atoms with van der Waals surface area (Å²) in [6.45, 7) is 0.250. The van der Waals surface area contributed by atoms with E-state index in [0.29, 0.717) is 11.3 Å². The highest BCUT2D eigenvalue weighted by atomic mass is 32.1. The standard InChI is InChI=1S/C21H16F4N2O3S/c22-15-7-5-13(6-8-15)12-1-3-14(4-2-12)17-18(21(23,24)25)31-20(26-17)27-9-10-30-16(11-27)19(28)29/h1-8,16H,9-11H2,(H,28,29). The molecule has 0 saturated carbocycles. The van der Waals surface area contributed by atoms with Crippen LogP contribution in [0.3, 0.4) is 0 Å². The minimum Gasteiger partial charge on any atom is -0.479 e. The summed E-state index contributed by atoms with van der Waals surface area (Å²) in [5.41, 5.74) is 1.53. The predicted molar refractivity (Wildman–Crippen MR) is 108 cm³/mol. The first-order chi connectivity index (χ1) is 14.7. The lowest BCUT2D eigenvalue weighted by atomic mass is 10.0. The normalized spacial score (nSPS) is 17.0. The van der Waals surface area contributed by atoms with Crippen molar-refractivity contribution in [1.82, 2.24) is 4.98 Å². The van der Waals surface area contributed by atoms with E-state index in [9.17, 15) is 22.4 Å². The zero-order valence-electron chi connectivity index (χ0n) is 15.9. The van der Waals surface area contributed by atoms with E-state index in [4.69, 9.17) is 9.84 Å². The number of ether oxygens (including phenoxy) is 1. The minimum absolute atomic E-state index is 0.0803. The zero-order chi connectivity index (χ0) is 22.2. The summed E-state index contributed by atoms with van der Waals surface area (Å²) in [4.78, 5) is 16.0. The van der Waals surface area contributed by atoms with Gasteiger partial charge in [-0.25, -0.2) is 14.2 Å². The van der Waals surface area contributed by atoms with Gasteiger partial charge in [-0.3, -0.25) is 0 Å². The predicted octanol–water partition coefficient (Wildman–Crippen LogP) is 4.92. The largest absolute Gasteiger partial charge is 0.479 e. The van der Waals surface area contributed by atoms with Gasteiger partial charge in [-0.15, -0.1) is 0 Å². The van der Waals surface area contributed by atoms with Crippen molar-refractivity contribution in [3.8, 4) is 22.4 Å². The topological polar surface area (TPSA) is 62.7 Å². The molecule has 2 heterocycles. The molecule has 162 valence electrons. The third kappa shape index (κ3) is 4.54. The zero-order valence-corrected chi connectivity index (χ0v) is 16.7. The van der Waals surface area contributed by atoms with Crippen LogP contribution in [0.5, 0.6) is 0 Å². The molecule has 4 rings (SSSR count). The van der Waals surface area contributed by atoms with Crippen molar-refractivity contribution in [2.45, 2.75) is 12.3 Å². The van der Waals surface area contributed by atoms with Gasteiger partial charge >= 0.3 is 12.1 Å². The van der Waals surface area contributed by atoms with Gasteiger partial charge in [0.1, 0.15) is 10.7 Å². The smallest absolute Gasteiger partial charge is 0.427 e. The summed E-state index contributed by atoms with van der Waals surface area (Å²) >= 11 is 0.483. The average molecular weight is 452 g/mol. The van der Waals surface area contributed by atoms with Gasteiger partial charge in [-0.05, 0) is 23.3 Å². The van der Waals surface area contributed by atoms with Crippen LogP contribution >= 0.6 is 11.3 Å². The molecule has 0 spiro atoms. The molecular weight excluding hydrogens is 436 g/mol. The molecule has 1 atom stereocenters. The fraction of sp³-hybridized carbons (Fsp3) is 0.238. The molecule has 1 N–H and O–H groups in total. The molecule has 1 aliphatic heterocycles. The number of carboxylic acid groups (broad SMARTS) is 1. The molecule has 2 aromatic carbocycles. The van der Waals surface area contributed by atoms with Crippen LogP contribution in [0, 0.1) is 5.82 Å². The lowest BCUT2D eigenvalue weighted by Crippen LogP contribution is -2.46. The molecule has 5 nitrogen and oxygen atoms in total. The number of nitrogens with zero attached hydrogens (tertiary/aromatic N) is 2. The average Bonchev–Trinajstić information content (AvgIpc) is 3.21. The van der Waals surface area contributed by atoms with Crippen molar-refractivity contribution in [3.63, 3.8) is 0 Å². The number of hydrogen-bond donors (Lipinski definition) is 1. The number of anilines is 1. The van der Waals surface area contributed by atoms with Crippen LogP contribution in [-0.2, 0) is 15.7 Å². The maximum Gasteiger partial charge on any atom is 0.427 e. The van der Waals surface area contributed by atoms with E-state index in [1.807, 2.05) is 0 Å². The molecule has 0 amide bonds. The lowest BCUT2D eigenvalue weighted by Gasteiger charge is -2.30. The second-order valence-corrected chi connectivity index (χ2v) is 7.88. The molecule has 3 aromatic rings. The highest BCUT2D eigenvalue weighted by Crippen LogP contribution is 2.44. The molecule has 0 bridgehead atoms. The molecule has 0 radical (unpaired) electrons. The van der Waals surface area contributed by atoms with E-state index in [-0.39, 0.29) is 41.9 Å². The number of aromatic nitrogens is 1. The summed E-state index contributed by atoms with van der Waals surface area (Å²) in [5, 5.41) is 9.23. The van der Waals surface area contributed by atoms with Crippen molar-refractivity contribution in [1.29, 1.82) is 0 Å². The second kappa shape index (κ2) is 8.27. The minimum atomic E-state index is -4.61. The fourth-order valence-electron chi connectivity index (χ4n) is 3.27. The number of benzene rings is 2. The van der Waals surface area contributed by atoms with Crippen LogP contribution in [0.15, 0.2) is 48.5 Å². The maximum atomic E-state index is 13.7. The summed E-state index contributed by atoms with van der Waals surface area (Å²) in [5.74, 6) is -1.55. The monoisotopic (exact) mass is 452 g/mol. The van der Waals surface area contributed by atoms with E-state index < -0.39 is 23.1 Å². The first kappa shape index (κ1) is 21.3. The molecule has 1 unspecified atom stereocenters. The Labute approximate surface area is 178 Å². The maximum absolute atomic E-state index is 13.7. The van der Waals surface area contributed by atoms with E-state index in [0.717, 1.165) is 11.1 Å². The Bertz CT molecular complexity index is 1080. The third-order valence-electron chi connectivity index (χ3n) is 4.82. The van der Waals surface area contributed by atoms with Crippen LogP contribution in [0.25, 0.3) is 22.4 Å². The van der Waals surface area contributed by atoms with Gasteiger partial charge in [-0.1, -0.05) is 47.7 Å². The van der Waals surface area contributed by atoms with E-state index >= 15 is 0 Å². The first-order valence-corrected chi connectivity index (χ1v) is 10.1. The summed E-state index contributed by atoms with van der Waals surface area (Å²) < 4.78 is 59.3. The molecule has 1 saturated heterocycles. The van der Waals surface area contributed by atoms with Crippen molar-refractivity contribution >= 4 is 22.4 Å².